The van der Waals surface area contributed by atoms with Crippen LogP contribution in [0.2, 0.25) is 0 Å². The van der Waals surface area contributed by atoms with Gasteiger partial charge in [-0.1, -0.05) is 6.92 Å². The van der Waals surface area contributed by atoms with Gasteiger partial charge >= 0.3 is 0 Å². The summed E-state index contributed by atoms with van der Waals surface area (Å²) in [6.07, 6.45) is 3.98. The normalized spacial score (nSPS) is 18.0. The fraction of sp³-hybridized carbons (Fsp3) is 0.474. The third kappa shape index (κ3) is 2.63. The summed E-state index contributed by atoms with van der Waals surface area (Å²) >= 11 is 0. The number of hydrogen-bond acceptors (Lipinski definition) is 5. The molecule has 1 saturated heterocycles. The largest absolute Gasteiger partial charge is 0.493 e. The van der Waals surface area contributed by atoms with E-state index in [1.165, 1.54) is 6.42 Å². The molecule has 0 saturated carbocycles. The Morgan fingerprint density at radius 1 is 1.27 bits per heavy atom. The SMILES string of the molecule is CCN1CCCC1Cn1cnc2c([nH]c3cc(OC)c(OC)cc32)c1=O. The fourth-order valence-corrected chi connectivity index (χ4v) is 3.99. The number of likely N-dealkylation sites (tertiary alicyclic amines) is 1. The van der Waals surface area contributed by atoms with Crippen molar-refractivity contribution < 1.29 is 9.47 Å². The van der Waals surface area contributed by atoms with E-state index in [0.29, 0.717) is 35.1 Å². The summed E-state index contributed by atoms with van der Waals surface area (Å²) in [6, 6.07) is 4.11. The lowest BCUT2D eigenvalue weighted by atomic mass is 10.2. The van der Waals surface area contributed by atoms with E-state index in [2.05, 4.69) is 21.8 Å². The molecule has 26 heavy (non-hydrogen) atoms. The van der Waals surface area contributed by atoms with Crippen LogP contribution in [0.1, 0.15) is 19.8 Å². The lowest BCUT2D eigenvalue weighted by Gasteiger charge is -2.23. The Balaban J connectivity index is 1.80. The van der Waals surface area contributed by atoms with E-state index in [-0.39, 0.29) is 5.56 Å². The van der Waals surface area contributed by atoms with Crippen molar-refractivity contribution in [2.24, 2.45) is 0 Å². The molecule has 1 unspecified atom stereocenters. The Bertz CT molecular complexity index is 1010. The van der Waals surface area contributed by atoms with Crippen LogP contribution in [0.3, 0.4) is 0 Å². The van der Waals surface area contributed by atoms with Crippen molar-refractivity contribution in [3.8, 4) is 11.5 Å². The van der Waals surface area contributed by atoms with Gasteiger partial charge in [-0.25, -0.2) is 4.98 Å². The highest BCUT2D eigenvalue weighted by molar-refractivity contribution is 6.05. The molecule has 0 aliphatic carbocycles. The number of aromatic nitrogens is 3. The van der Waals surface area contributed by atoms with Crippen molar-refractivity contribution in [3.63, 3.8) is 0 Å². The standard InChI is InChI=1S/C19H24N4O3/c1-4-22-7-5-6-12(22)10-23-11-20-17-13-8-15(25-2)16(26-3)9-14(13)21-18(17)19(23)24/h8-9,11-12,21H,4-7,10H2,1-3H3. The Morgan fingerprint density at radius 2 is 2.04 bits per heavy atom. The van der Waals surface area contributed by atoms with Crippen LogP contribution >= 0.6 is 0 Å². The molecule has 138 valence electrons. The first-order chi connectivity index (χ1) is 12.7. The number of nitrogens with zero attached hydrogens (tertiary/aromatic N) is 3. The molecule has 1 aromatic carbocycles. The molecule has 1 aliphatic heterocycles. The average molecular weight is 356 g/mol. The number of benzene rings is 1. The summed E-state index contributed by atoms with van der Waals surface area (Å²) in [5.41, 5.74) is 1.97. The van der Waals surface area contributed by atoms with Crippen LogP contribution in [0.5, 0.6) is 11.5 Å². The van der Waals surface area contributed by atoms with Gasteiger partial charge in [0.25, 0.3) is 5.56 Å². The van der Waals surface area contributed by atoms with Gasteiger partial charge in [-0.2, -0.15) is 0 Å². The number of H-pyrrole nitrogens is 1. The van der Waals surface area contributed by atoms with E-state index < -0.39 is 0 Å². The number of likely N-dealkylation sites (N-methyl/N-ethyl adjacent to an activating group) is 1. The molecule has 0 spiro atoms. The van der Waals surface area contributed by atoms with Crippen LogP contribution < -0.4 is 15.0 Å². The van der Waals surface area contributed by atoms with Crippen molar-refractivity contribution in [1.82, 2.24) is 19.4 Å². The van der Waals surface area contributed by atoms with Crippen LogP contribution in [0.15, 0.2) is 23.3 Å². The summed E-state index contributed by atoms with van der Waals surface area (Å²) in [6.45, 7) is 4.97. The summed E-state index contributed by atoms with van der Waals surface area (Å²) < 4.78 is 12.5. The van der Waals surface area contributed by atoms with Crippen LogP contribution in [0.25, 0.3) is 21.9 Å². The maximum Gasteiger partial charge on any atom is 0.277 e. The smallest absolute Gasteiger partial charge is 0.277 e. The molecule has 0 amide bonds. The van der Waals surface area contributed by atoms with E-state index in [9.17, 15) is 4.79 Å². The van der Waals surface area contributed by atoms with Crippen LogP contribution in [0, 0.1) is 0 Å². The number of nitrogens with one attached hydrogen (secondary N) is 1. The van der Waals surface area contributed by atoms with Crippen molar-refractivity contribution in [1.29, 1.82) is 0 Å². The topological polar surface area (TPSA) is 72.4 Å². The predicted molar refractivity (Wildman–Crippen MR) is 101 cm³/mol. The number of fused-ring (bicyclic) bond motifs is 3. The van der Waals surface area contributed by atoms with E-state index in [4.69, 9.17) is 9.47 Å². The fourth-order valence-electron chi connectivity index (χ4n) is 3.99. The third-order valence-electron chi connectivity index (χ3n) is 5.39. The molecule has 7 nitrogen and oxygen atoms in total. The molecule has 1 N–H and O–H groups in total. The second-order valence-electron chi connectivity index (χ2n) is 6.73. The van der Waals surface area contributed by atoms with Crippen molar-refractivity contribution in [2.75, 3.05) is 27.3 Å². The Kier molecular flexibility index (Phi) is 4.32. The van der Waals surface area contributed by atoms with Crippen molar-refractivity contribution in [3.05, 3.63) is 28.8 Å². The van der Waals surface area contributed by atoms with Crippen LogP contribution in [0.4, 0.5) is 0 Å². The van der Waals surface area contributed by atoms with Gasteiger partial charge in [-0.15, -0.1) is 0 Å². The maximum atomic E-state index is 13.0. The Labute approximate surface area is 151 Å². The van der Waals surface area contributed by atoms with Gasteiger partial charge in [0.15, 0.2) is 11.5 Å². The number of hydrogen-bond donors (Lipinski definition) is 1. The molecular formula is C19H24N4O3. The quantitative estimate of drug-likeness (QED) is 0.760. The van der Waals surface area contributed by atoms with Crippen LogP contribution in [-0.2, 0) is 6.54 Å². The monoisotopic (exact) mass is 356 g/mol. The molecule has 2 aromatic heterocycles. The first-order valence-corrected chi connectivity index (χ1v) is 9.03. The average Bonchev–Trinajstić information content (AvgIpc) is 3.26. The first kappa shape index (κ1) is 16.9. The lowest BCUT2D eigenvalue weighted by Crippen LogP contribution is -2.36. The third-order valence-corrected chi connectivity index (χ3v) is 5.39. The van der Waals surface area contributed by atoms with E-state index in [0.717, 1.165) is 30.4 Å². The zero-order valence-electron chi connectivity index (χ0n) is 15.4. The van der Waals surface area contributed by atoms with Gasteiger partial charge in [0.2, 0.25) is 0 Å². The molecule has 4 rings (SSSR count). The van der Waals surface area contributed by atoms with Gasteiger partial charge in [0, 0.05) is 24.0 Å². The Hall–Kier alpha value is -2.54. The highest BCUT2D eigenvalue weighted by atomic mass is 16.5. The van der Waals surface area contributed by atoms with Crippen molar-refractivity contribution in [2.45, 2.75) is 32.4 Å². The maximum absolute atomic E-state index is 13.0. The molecule has 1 aliphatic rings. The molecule has 7 heteroatoms. The summed E-state index contributed by atoms with van der Waals surface area (Å²) in [5, 5.41) is 0.859. The summed E-state index contributed by atoms with van der Waals surface area (Å²) in [7, 11) is 3.19. The molecule has 1 fully saturated rings. The number of aromatic amines is 1. The zero-order chi connectivity index (χ0) is 18.3. The number of rotatable bonds is 5. The Morgan fingerprint density at radius 3 is 2.77 bits per heavy atom. The van der Waals surface area contributed by atoms with Crippen LogP contribution in [-0.4, -0.2) is 52.8 Å². The molecule has 0 radical (unpaired) electrons. The highest BCUT2D eigenvalue weighted by Crippen LogP contribution is 2.34. The van der Waals surface area contributed by atoms with Gasteiger partial charge in [0.05, 0.1) is 26.1 Å². The first-order valence-electron chi connectivity index (χ1n) is 9.03. The minimum Gasteiger partial charge on any atom is -0.493 e. The van der Waals surface area contributed by atoms with Gasteiger partial charge < -0.3 is 14.5 Å². The molecule has 1 atom stereocenters. The van der Waals surface area contributed by atoms with Gasteiger partial charge in [0.1, 0.15) is 11.0 Å². The van der Waals surface area contributed by atoms with Gasteiger partial charge in [-0.3, -0.25) is 14.3 Å². The zero-order valence-corrected chi connectivity index (χ0v) is 15.4. The van der Waals surface area contributed by atoms with Crippen molar-refractivity contribution >= 4 is 21.9 Å². The minimum atomic E-state index is -0.0351. The number of methoxy groups -OCH3 is 2. The van der Waals surface area contributed by atoms with E-state index in [1.54, 1.807) is 25.1 Å². The number of ether oxygens (including phenoxy) is 2. The predicted octanol–water partition coefficient (Wildman–Crippen LogP) is 2.38. The highest BCUT2D eigenvalue weighted by Gasteiger charge is 2.24. The molecule has 0 bridgehead atoms. The van der Waals surface area contributed by atoms with Gasteiger partial charge in [-0.05, 0) is 32.0 Å². The van der Waals surface area contributed by atoms with E-state index >= 15 is 0 Å². The molecular weight excluding hydrogens is 332 g/mol. The second kappa shape index (κ2) is 6.64. The van der Waals surface area contributed by atoms with E-state index in [1.807, 2.05) is 12.1 Å². The lowest BCUT2D eigenvalue weighted by molar-refractivity contribution is 0.242. The summed E-state index contributed by atoms with van der Waals surface area (Å²) in [5.74, 6) is 1.24. The molecule has 3 aromatic rings. The summed E-state index contributed by atoms with van der Waals surface area (Å²) in [4.78, 5) is 23.2. The second-order valence-corrected chi connectivity index (χ2v) is 6.73. The minimum absolute atomic E-state index is 0.0351. The molecule has 3 heterocycles.